The lowest BCUT2D eigenvalue weighted by Crippen LogP contribution is -2.28. The highest BCUT2D eigenvalue weighted by atomic mass is 32.2. The fourth-order valence-electron chi connectivity index (χ4n) is 2.90. The number of aromatic nitrogens is 2. The van der Waals surface area contributed by atoms with Crippen molar-refractivity contribution in [2.45, 2.75) is 37.9 Å². The molecule has 2 heterocycles. The minimum Gasteiger partial charge on any atom is -0.337 e. The number of thioether (sulfide) groups is 1. The van der Waals surface area contributed by atoms with Crippen molar-refractivity contribution in [2.24, 2.45) is 0 Å². The molecule has 1 aromatic heterocycles. The second kappa shape index (κ2) is 8.27. The average Bonchev–Trinajstić information content (AvgIpc) is 2.90. The Morgan fingerprint density at radius 2 is 2.00 bits per heavy atom. The van der Waals surface area contributed by atoms with Crippen LogP contribution >= 0.6 is 11.8 Å². The summed E-state index contributed by atoms with van der Waals surface area (Å²) in [5.74, 6) is 0.0752. The van der Waals surface area contributed by atoms with Gasteiger partial charge in [0.15, 0.2) is 0 Å². The number of benzene rings is 1. The second-order valence-electron chi connectivity index (χ2n) is 6.18. The first-order valence-electron chi connectivity index (χ1n) is 8.55. The minimum absolute atomic E-state index is 0.0752. The van der Waals surface area contributed by atoms with E-state index in [9.17, 15) is 9.59 Å². The van der Waals surface area contributed by atoms with Crippen LogP contribution < -0.4 is 10.6 Å². The van der Waals surface area contributed by atoms with Gasteiger partial charge in [-0.1, -0.05) is 0 Å². The maximum atomic E-state index is 12.1. The third kappa shape index (κ3) is 4.57. The molecule has 0 saturated heterocycles. The first-order chi connectivity index (χ1) is 12.5. The molecule has 2 N–H and O–H groups in total. The Balaban J connectivity index is 1.55. The number of carbonyl (C=O) groups excluding carboxylic acids is 2. The molecule has 26 heavy (non-hydrogen) atoms. The van der Waals surface area contributed by atoms with E-state index in [1.165, 1.54) is 0 Å². The Morgan fingerprint density at radius 1 is 1.23 bits per heavy atom. The van der Waals surface area contributed by atoms with E-state index in [0.717, 1.165) is 41.5 Å². The number of aryl methyl sites for hydroxylation is 1. The number of amides is 3. The molecule has 3 amide bonds. The zero-order chi connectivity index (χ0) is 18.5. The van der Waals surface area contributed by atoms with Gasteiger partial charge in [-0.2, -0.15) is 5.10 Å². The fourth-order valence-corrected chi connectivity index (χ4v) is 3.31. The smallest absolute Gasteiger partial charge is 0.319 e. The van der Waals surface area contributed by atoms with Crippen molar-refractivity contribution in [3.8, 4) is 0 Å². The third-order valence-electron chi connectivity index (χ3n) is 4.29. The Bertz CT molecular complexity index is 787. The first kappa shape index (κ1) is 18.3. The van der Waals surface area contributed by atoms with E-state index in [1.54, 1.807) is 18.7 Å². The highest BCUT2D eigenvalue weighted by Gasteiger charge is 2.18. The summed E-state index contributed by atoms with van der Waals surface area (Å²) >= 11 is 1.66. The van der Waals surface area contributed by atoms with Gasteiger partial charge in [0.25, 0.3) is 0 Å². The molecular formula is C18H23N5O2S. The maximum absolute atomic E-state index is 12.1. The molecule has 0 atom stereocenters. The monoisotopic (exact) mass is 373 g/mol. The number of anilines is 1. The van der Waals surface area contributed by atoms with Crippen LogP contribution in [0.2, 0.25) is 0 Å². The molecule has 1 aliphatic heterocycles. The molecule has 1 aliphatic rings. The summed E-state index contributed by atoms with van der Waals surface area (Å²) < 4.78 is 1.93. The van der Waals surface area contributed by atoms with Gasteiger partial charge in [-0.25, -0.2) is 4.79 Å². The lowest BCUT2D eigenvalue weighted by molar-refractivity contribution is -0.129. The summed E-state index contributed by atoms with van der Waals surface area (Å²) in [6.45, 7) is 4.03. The van der Waals surface area contributed by atoms with E-state index >= 15 is 0 Å². The van der Waals surface area contributed by atoms with E-state index in [1.807, 2.05) is 46.2 Å². The van der Waals surface area contributed by atoms with Gasteiger partial charge in [0, 0.05) is 30.6 Å². The lowest BCUT2D eigenvalue weighted by Gasteiger charge is -2.17. The largest absolute Gasteiger partial charge is 0.337 e. The van der Waals surface area contributed by atoms with Crippen molar-refractivity contribution >= 4 is 29.4 Å². The topological polar surface area (TPSA) is 79.3 Å². The van der Waals surface area contributed by atoms with Crippen LogP contribution in [0.3, 0.4) is 0 Å². The van der Waals surface area contributed by atoms with Crippen molar-refractivity contribution in [1.29, 1.82) is 0 Å². The molecule has 0 spiro atoms. The zero-order valence-electron chi connectivity index (χ0n) is 15.0. The summed E-state index contributed by atoms with van der Waals surface area (Å²) in [5.41, 5.74) is 2.54. The Kier molecular flexibility index (Phi) is 5.82. The van der Waals surface area contributed by atoms with Crippen molar-refractivity contribution in [1.82, 2.24) is 20.0 Å². The zero-order valence-corrected chi connectivity index (χ0v) is 15.8. The Morgan fingerprint density at radius 3 is 2.69 bits per heavy atom. The summed E-state index contributed by atoms with van der Waals surface area (Å²) in [5, 5.41) is 10.2. The van der Waals surface area contributed by atoms with E-state index in [2.05, 4.69) is 15.7 Å². The molecule has 0 saturated carbocycles. The summed E-state index contributed by atoms with van der Waals surface area (Å²) in [4.78, 5) is 26.7. The van der Waals surface area contributed by atoms with E-state index in [0.29, 0.717) is 13.1 Å². The molecule has 3 rings (SSSR count). The number of carbonyl (C=O) groups is 2. The summed E-state index contributed by atoms with van der Waals surface area (Å²) in [7, 11) is 0. The van der Waals surface area contributed by atoms with Gasteiger partial charge < -0.3 is 15.5 Å². The van der Waals surface area contributed by atoms with Crippen LogP contribution in [-0.4, -0.2) is 39.4 Å². The Hall–Kier alpha value is -2.48. The van der Waals surface area contributed by atoms with Gasteiger partial charge in [-0.05, 0) is 43.0 Å². The van der Waals surface area contributed by atoms with Crippen LogP contribution in [0.25, 0.3) is 0 Å². The molecule has 0 fully saturated rings. The molecule has 0 unspecified atom stereocenters. The maximum Gasteiger partial charge on any atom is 0.319 e. The van der Waals surface area contributed by atoms with Crippen LogP contribution in [0.15, 0.2) is 35.2 Å². The molecule has 0 radical (unpaired) electrons. The number of urea groups is 1. The van der Waals surface area contributed by atoms with Gasteiger partial charge in [0.05, 0.1) is 24.5 Å². The average molecular weight is 373 g/mol. The SMILES string of the molecule is CSc1ccc(NC(=O)NCc2cc3n(n2)CCCN(C(C)=O)C3)cc1. The molecule has 0 bridgehead atoms. The quantitative estimate of drug-likeness (QED) is 0.808. The summed E-state index contributed by atoms with van der Waals surface area (Å²) in [6, 6.07) is 9.37. The van der Waals surface area contributed by atoms with Crippen LogP contribution in [0.1, 0.15) is 24.7 Å². The number of nitrogens with one attached hydrogen (secondary N) is 2. The van der Waals surface area contributed by atoms with Gasteiger partial charge in [0.1, 0.15) is 0 Å². The van der Waals surface area contributed by atoms with Gasteiger partial charge in [-0.15, -0.1) is 11.8 Å². The fraction of sp³-hybridized carbons (Fsp3) is 0.389. The highest BCUT2D eigenvalue weighted by Crippen LogP contribution is 2.17. The van der Waals surface area contributed by atoms with Gasteiger partial charge >= 0.3 is 6.03 Å². The molecule has 8 heteroatoms. The van der Waals surface area contributed by atoms with Crippen LogP contribution in [-0.2, 0) is 24.4 Å². The minimum atomic E-state index is -0.268. The molecule has 2 aromatic rings. The van der Waals surface area contributed by atoms with Crippen LogP contribution in [0, 0.1) is 0 Å². The number of nitrogens with zero attached hydrogens (tertiary/aromatic N) is 3. The second-order valence-corrected chi connectivity index (χ2v) is 7.06. The highest BCUT2D eigenvalue weighted by molar-refractivity contribution is 7.98. The van der Waals surface area contributed by atoms with E-state index in [-0.39, 0.29) is 11.9 Å². The molecular weight excluding hydrogens is 350 g/mol. The van der Waals surface area contributed by atoms with Gasteiger partial charge in [-0.3, -0.25) is 9.48 Å². The van der Waals surface area contributed by atoms with Crippen LogP contribution in [0.5, 0.6) is 0 Å². The third-order valence-corrected chi connectivity index (χ3v) is 5.03. The molecule has 0 aliphatic carbocycles. The number of fused-ring (bicyclic) bond motifs is 1. The Labute approximate surface area is 157 Å². The van der Waals surface area contributed by atoms with E-state index < -0.39 is 0 Å². The first-order valence-corrected chi connectivity index (χ1v) is 9.77. The standard InChI is InChI=1S/C18H23N5O2S/c1-13(24)22-8-3-9-23-16(12-22)10-15(21-23)11-19-18(25)20-14-4-6-17(26-2)7-5-14/h4-7,10H,3,8-9,11-12H2,1-2H3,(H2,19,20,25). The van der Waals surface area contributed by atoms with Crippen LogP contribution in [0.4, 0.5) is 10.5 Å². The summed E-state index contributed by atoms with van der Waals surface area (Å²) in [6.07, 6.45) is 2.89. The lowest BCUT2D eigenvalue weighted by atomic mass is 10.3. The molecule has 7 nitrogen and oxygen atoms in total. The van der Waals surface area contributed by atoms with E-state index in [4.69, 9.17) is 0 Å². The number of hydrogen-bond donors (Lipinski definition) is 2. The van der Waals surface area contributed by atoms with Crippen molar-refractivity contribution in [2.75, 3.05) is 18.1 Å². The predicted molar refractivity (Wildman–Crippen MR) is 102 cm³/mol. The molecule has 138 valence electrons. The number of hydrogen-bond acceptors (Lipinski definition) is 4. The van der Waals surface area contributed by atoms with Gasteiger partial charge in [0.2, 0.25) is 5.91 Å². The number of rotatable bonds is 4. The van der Waals surface area contributed by atoms with Crippen molar-refractivity contribution < 1.29 is 9.59 Å². The van der Waals surface area contributed by atoms with Crippen molar-refractivity contribution in [3.05, 3.63) is 41.7 Å². The molecule has 1 aromatic carbocycles. The predicted octanol–water partition coefficient (Wildman–Crippen LogP) is 2.68. The van der Waals surface area contributed by atoms with Crippen molar-refractivity contribution in [3.63, 3.8) is 0 Å². The normalized spacial score (nSPS) is 13.7.